The minimum atomic E-state index is -1.06. The van der Waals surface area contributed by atoms with Gasteiger partial charge in [-0.1, -0.05) is 24.3 Å². The van der Waals surface area contributed by atoms with Crippen LogP contribution in [0.1, 0.15) is 24.1 Å². The first kappa shape index (κ1) is 11.2. The highest BCUT2D eigenvalue weighted by atomic mass is 16.4. The van der Waals surface area contributed by atoms with Gasteiger partial charge < -0.3 is 10.4 Å². The van der Waals surface area contributed by atoms with Crippen LogP contribution < -0.4 is 5.32 Å². The van der Waals surface area contributed by atoms with Crippen LogP contribution >= 0.6 is 0 Å². The second kappa shape index (κ2) is 4.59. The highest BCUT2D eigenvalue weighted by Gasteiger charge is 2.21. The average molecular weight is 207 g/mol. The Labute approximate surface area is 87.9 Å². The number of aryl methyl sites for hydroxylation is 1. The van der Waals surface area contributed by atoms with Gasteiger partial charge in [-0.25, -0.2) is 4.79 Å². The van der Waals surface area contributed by atoms with Crippen molar-refractivity contribution in [2.24, 2.45) is 0 Å². The molecule has 1 aromatic rings. The molecule has 1 aromatic carbocycles. The number of nitrogens with one attached hydrogen (secondary N) is 1. The number of hydrogen-bond acceptors (Lipinski definition) is 2. The molecule has 1 rings (SSSR count). The second-order valence-corrected chi connectivity index (χ2v) is 3.33. The van der Waals surface area contributed by atoms with Crippen LogP contribution in [0.3, 0.4) is 0 Å². The molecule has 0 aromatic heterocycles. The zero-order valence-electron chi connectivity index (χ0n) is 8.65. The highest BCUT2D eigenvalue weighted by molar-refractivity contribution is 5.83. The molecule has 2 N–H and O–H groups in total. The van der Waals surface area contributed by atoms with E-state index < -0.39 is 12.0 Å². The molecule has 0 unspecified atom stereocenters. The molecule has 80 valence electrons. The van der Waals surface area contributed by atoms with Crippen LogP contribution in [-0.2, 0) is 9.59 Å². The van der Waals surface area contributed by atoms with Gasteiger partial charge in [0.1, 0.15) is 0 Å². The number of hydrogen-bond donors (Lipinski definition) is 2. The maximum Gasteiger partial charge on any atom is 0.330 e. The topological polar surface area (TPSA) is 66.4 Å². The summed E-state index contributed by atoms with van der Waals surface area (Å²) in [5, 5.41) is 11.4. The molecule has 0 aliphatic rings. The van der Waals surface area contributed by atoms with E-state index in [9.17, 15) is 9.59 Å². The van der Waals surface area contributed by atoms with Gasteiger partial charge in [0.25, 0.3) is 0 Å². The van der Waals surface area contributed by atoms with E-state index in [1.165, 1.54) is 6.92 Å². The average Bonchev–Trinajstić information content (AvgIpc) is 2.15. The molecule has 0 spiro atoms. The van der Waals surface area contributed by atoms with E-state index >= 15 is 0 Å². The van der Waals surface area contributed by atoms with Gasteiger partial charge in [0.15, 0.2) is 6.04 Å². The lowest BCUT2D eigenvalue weighted by Gasteiger charge is -2.15. The van der Waals surface area contributed by atoms with Gasteiger partial charge in [0.2, 0.25) is 5.91 Å². The molecule has 1 amide bonds. The summed E-state index contributed by atoms with van der Waals surface area (Å²) in [6.07, 6.45) is 0. The Bertz CT molecular complexity index is 387. The van der Waals surface area contributed by atoms with Gasteiger partial charge in [-0.15, -0.1) is 0 Å². The standard InChI is InChI=1S/C11H13NO3/c1-7-5-3-4-6-9(7)10(11(14)15)12-8(2)13/h3-6,10H,1-2H3,(H,12,13)(H,14,15)/t10-/m0/s1. The molecule has 15 heavy (non-hydrogen) atoms. The molecule has 0 aliphatic heterocycles. The predicted molar refractivity (Wildman–Crippen MR) is 55.4 cm³/mol. The number of carbonyl (C=O) groups is 2. The van der Waals surface area contributed by atoms with E-state index in [1.807, 2.05) is 19.1 Å². The number of aliphatic carboxylic acids is 1. The molecule has 0 saturated carbocycles. The summed E-state index contributed by atoms with van der Waals surface area (Å²) in [6.45, 7) is 3.11. The molecule has 4 nitrogen and oxygen atoms in total. The van der Waals surface area contributed by atoms with Crippen molar-refractivity contribution in [2.45, 2.75) is 19.9 Å². The molecular weight excluding hydrogens is 194 g/mol. The Morgan fingerprint density at radius 3 is 2.40 bits per heavy atom. The van der Waals surface area contributed by atoms with Gasteiger partial charge >= 0.3 is 5.97 Å². The number of carboxylic acids is 1. The number of carboxylic acid groups (broad SMARTS) is 1. The fraction of sp³-hybridized carbons (Fsp3) is 0.273. The normalized spacial score (nSPS) is 11.9. The fourth-order valence-electron chi connectivity index (χ4n) is 1.39. The molecule has 0 saturated heterocycles. The Morgan fingerprint density at radius 2 is 1.93 bits per heavy atom. The van der Waals surface area contributed by atoms with E-state index in [-0.39, 0.29) is 5.91 Å². The zero-order valence-corrected chi connectivity index (χ0v) is 8.65. The Morgan fingerprint density at radius 1 is 1.33 bits per heavy atom. The SMILES string of the molecule is CC(=O)N[C@H](C(=O)O)c1ccccc1C. The van der Waals surface area contributed by atoms with Crippen LogP contribution in [0.2, 0.25) is 0 Å². The van der Waals surface area contributed by atoms with Crippen LogP contribution in [-0.4, -0.2) is 17.0 Å². The first-order valence-electron chi connectivity index (χ1n) is 4.58. The number of benzene rings is 1. The Balaban J connectivity index is 3.04. The van der Waals surface area contributed by atoms with Crippen molar-refractivity contribution in [1.82, 2.24) is 5.32 Å². The Hall–Kier alpha value is -1.84. The van der Waals surface area contributed by atoms with E-state index in [0.717, 1.165) is 5.56 Å². The predicted octanol–water partition coefficient (Wildman–Crippen LogP) is 1.26. The van der Waals surface area contributed by atoms with Gasteiger partial charge in [-0.3, -0.25) is 4.79 Å². The van der Waals surface area contributed by atoms with Crippen molar-refractivity contribution in [2.75, 3.05) is 0 Å². The van der Waals surface area contributed by atoms with Gasteiger partial charge in [-0.05, 0) is 18.1 Å². The van der Waals surface area contributed by atoms with Crippen LogP contribution in [0, 0.1) is 6.92 Å². The van der Waals surface area contributed by atoms with Crippen LogP contribution in [0.15, 0.2) is 24.3 Å². The molecule has 0 radical (unpaired) electrons. The first-order valence-corrected chi connectivity index (χ1v) is 4.58. The molecule has 0 heterocycles. The smallest absolute Gasteiger partial charge is 0.330 e. The molecule has 0 bridgehead atoms. The number of amides is 1. The molecule has 0 fully saturated rings. The second-order valence-electron chi connectivity index (χ2n) is 3.33. The monoisotopic (exact) mass is 207 g/mol. The third-order valence-electron chi connectivity index (χ3n) is 2.09. The molecule has 0 aliphatic carbocycles. The van der Waals surface area contributed by atoms with Crippen molar-refractivity contribution >= 4 is 11.9 Å². The maximum absolute atomic E-state index is 11.0. The lowest BCUT2D eigenvalue weighted by Crippen LogP contribution is -2.32. The zero-order chi connectivity index (χ0) is 11.4. The summed E-state index contributed by atoms with van der Waals surface area (Å²) in [5.41, 5.74) is 1.46. The minimum Gasteiger partial charge on any atom is -0.479 e. The van der Waals surface area contributed by atoms with Crippen molar-refractivity contribution in [3.63, 3.8) is 0 Å². The molecular formula is C11H13NO3. The van der Waals surface area contributed by atoms with Gasteiger partial charge in [0.05, 0.1) is 0 Å². The lowest BCUT2D eigenvalue weighted by molar-refractivity contribution is -0.141. The third-order valence-corrected chi connectivity index (χ3v) is 2.09. The van der Waals surface area contributed by atoms with Crippen molar-refractivity contribution in [1.29, 1.82) is 0 Å². The lowest BCUT2D eigenvalue weighted by atomic mass is 10.0. The first-order chi connectivity index (χ1) is 7.02. The summed E-state index contributed by atoms with van der Waals surface area (Å²) in [5.74, 6) is -1.41. The van der Waals surface area contributed by atoms with Crippen LogP contribution in [0.25, 0.3) is 0 Å². The van der Waals surface area contributed by atoms with E-state index in [1.54, 1.807) is 12.1 Å². The van der Waals surface area contributed by atoms with Crippen molar-refractivity contribution < 1.29 is 14.7 Å². The van der Waals surface area contributed by atoms with E-state index in [2.05, 4.69) is 5.32 Å². The maximum atomic E-state index is 11.0. The summed E-state index contributed by atoms with van der Waals surface area (Å²) in [7, 11) is 0. The summed E-state index contributed by atoms with van der Waals surface area (Å²) < 4.78 is 0. The van der Waals surface area contributed by atoms with Crippen LogP contribution in [0.5, 0.6) is 0 Å². The quantitative estimate of drug-likeness (QED) is 0.784. The van der Waals surface area contributed by atoms with E-state index in [0.29, 0.717) is 5.56 Å². The van der Waals surface area contributed by atoms with Crippen LogP contribution in [0.4, 0.5) is 0 Å². The molecule has 4 heteroatoms. The summed E-state index contributed by atoms with van der Waals surface area (Å²) >= 11 is 0. The summed E-state index contributed by atoms with van der Waals surface area (Å²) in [6, 6.07) is 6.12. The largest absolute Gasteiger partial charge is 0.479 e. The number of carbonyl (C=O) groups excluding carboxylic acids is 1. The minimum absolute atomic E-state index is 0.356. The third kappa shape index (κ3) is 2.80. The van der Waals surface area contributed by atoms with Gasteiger partial charge in [0, 0.05) is 6.92 Å². The highest BCUT2D eigenvalue weighted by Crippen LogP contribution is 2.17. The van der Waals surface area contributed by atoms with Crippen molar-refractivity contribution in [3.8, 4) is 0 Å². The van der Waals surface area contributed by atoms with Crippen molar-refractivity contribution in [3.05, 3.63) is 35.4 Å². The fourth-order valence-corrected chi connectivity index (χ4v) is 1.39. The number of rotatable bonds is 3. The van der Waals surface area contributed by atoms with E-state index in [4.69, 9.17) is 5.11 Å². The van der Waals surface area contributed by atoms with Gasteiger partial charge in [-0.2, -0.15) is 0 Å². The summed E-state index contributed by atoms with van der Waals surface area (Å²) in [4.78, 5) is 21.8. The molecule has 1 atom stereocenters. The Kier molecular flexibility index (Phi) is 3.44.